The van der Waals surface area contributed by atoms with Gasteiger partial charge < -0.3 is 210 Å². The summed E-state index contributed by atoms with van der Waals surface area (Å²) in [7, 11) is 0. The second-order valence-corrected chi connectivity index (χ2v) is 16.4. The number of aliphatic hydroxyl groups is 24. The number of carbonyl (C=O) groups excluding carboxylic acids is 6. The first kappa shape index (κ1) is 75.2. The van der Waals surface area contributed by atoms with Gasteiger partial charge in [0.1, 0.15) is 146 Å². The van der Waals surface area contributed by atoms with Gasteiger partial charge in [-0.05, 0) is 0 Å². The van der Waals surface area contributed by atoms with Gasteiger partial charge in [-0.3, -0.25) is 0 Å². The van der Waals surface area contributed by atoms with Crippen LogP contribution in [0.3, 0.4) is 0 Å². The second kappa shape index (κ2) is 32.7. The van der Waals surface area contributed by atoms with Crippen molar-refractivity contribution in [3.8, 4) is 0 Å². The second-order valence-electron chi connectivity index (χ2n) is 16.4. The average molecular weight is 1210 g/mol. The average Bonchev–Trinajstić information content (AvgIpc) is 3.36. The minimum atomic E-state index is -1.85. The van der Waals surface area contributed by atoms with Crippen molar-refractivity contribution >= 4 is 35.8 Å². The van der Waals surface area contributed by atoms with E-state index in [4.69, 9.17) is 123 Å². The van der Waals surface area contributed by atoms with Crippen molar-refractivity contribution in [1.29, 1.82) is 0 Å². The summed E-state index contributed by atoms with van der Waals surface area (Å²) in [6.45, 7) is 0. The van der Waals surface area contributed by atoms with E-state index < -0.39 is 220 Å². The van der Waals surface area contributed by atoms with Gasteiger partial charge in [-0.1, -0.05) is 0 Å². The zero-order valence-corrected chi connectivity index (χ0v) is 40.1. The molecule has 6 fully saturated rings. The summed E-state index contributed by atoms with van der Waals surface area (Å²) in [4.78, 5) is 61.6. The van der Waals surface area contributed by atoms with Crippen molar-refractivity contribution in [1.82, 2.24) is 0 Å². The van der Waals surface area contributed by atoms with E-state index in [2.05, 4.69) is 28.4 Å². The van der Waals surface area contributed by atoms with Crippen LogP contribution in [0.25, 0.3) is 0 Å². The van der Waals surface area contributed by atoms with Gasteiger partial charge in [0, 0.05) is 0 Å². The van der Waals surface area contributed by atoms with Crippen LogP contribution < -0.4 is 30.6 Å². The zero-order valence-electron chi connectivity index (χ0n) is 38.8. The fourth-order valence-corrected chi connectivity index (χ4v) is 6.34. The molecule has 42 nitrogen and oxygen atoms in total. The number of aliphatic hydroxyl groups excluding tert-OH is 24. The summed E-state index contributed by atoms with van der Waals surface area (Å²) in [5, 5.41) is 276. The van der Waals surface area contributed by atoms with Gasteiger partial charge in [-0.2, -0.15) is 0 Å². The molecule has 6 aliphatic heterocycles. The Hall–Kier alpha value is -3.85. The quantitative estimate of drug-likeness (QED) is 0.117. The maximum atomic E-state index is 10.3. The van der Waals surface area contributed by atoms with Crippen molar-refractivity contribution in [2.24, 2.45) is 0 Å². The predicted octanol–water partition coefficient (Wildman–Crippen LogP) is -26.8. The third kappa shape index (κ3) is 19.7. The Balaban J connectivity index is 0.000000922. The Labute approximate surface area is 447 Å². The van der Waals surface area contributed by atoms with Crippen LogP contribution in [0, 0.1) is 0 Å². The van der Waals surface area contributed by atoms with Crippen LogP contribution >= 0.6 is 0 Å². The summed E-state index contributed by atoms with van der Waals surface area (Å²) in [6.07, 6.45) is -54.0. The Morgan fingerprint density at radius 3 is 0.354 bits per heavy atom. The number of hydrogen-bond donors (Lipinski definition) is 24. The first-order valence-electron chi connectivity index (χ1n) is 21.2. The summed E-state index contributed by atoms with van der Waals surface area (Å²) in [6, 6.07) is 0. The molecule has 6 heterocycles. The van der Waals surface area contributed by atoms with Crippen LogP contribution in [0.15, 0.2) is 0 Å². The van der Waals surface area contributed by atoms with Crippen molar-refractivity contribution in [2.75, 3.05) is 0 Å². The molecule has 0 aliphatic carbocycles. The topological polar surface area (TPSA) is 782 Å². The van der Waals surface area contributed by atoms with E-state index >= 15 is 0 Å². The molecule has 0 aromatic rings. The zero-order chi connectivity index (χ0) is 61.0. The van der Waals surface area contributed by atoms with Crippen LogP contribution in [-0.4, -0.2) is 343 Å². The van der Waals surface area contributed by atoms with Crippen LogP contribution in [0.5, 0.6) is 0 Å². The van der Waals surface area contributed by atoms with E-state index in [0.717, 1.165) is 0 Å². The first-order valence-corrected chi connectivity index (χ1v) is 21.2. The van der Waals surface area contributed by atoms with Crippen LogP contribution in [0.1, 0.15) is 0 Å². The third-order valence-electron chi connectivity index (χ3n) is 10.9. The van der Waals surface area contributed by atoms with E-state index in [1.807, 2.05) is 0 Å². The SMILES string of the molecule is O=C([O-])[C@H]1O[C@@H](O)[C@H](O)[C@@H](O)[C@@H]1O.O=C([O-])[C@H]1O[C@@H](O)[C@H](O)[C@@H](O)[C@@H]1O.O=C([O-])[C@H]1O[C@@H](O)[C@H](O)[C@@H](O)[C@@H]1O.O=C([O-])[C@H]1O[C@@H](O)[C@H](O)[C@@H](O)[C@@H]1O.O=C([O-])[C@H]1O[C@@H](O)[C@H](O)[C@@H](O)[C@@H]1O.O=C([O-])[C@H]1O[C@@H](O)[C@H](O)[C@@H](O)[C@@H]1O.[Cr+6]. The molecule has 24 N–H and O–H groups in total. The number of hydrogen-bond acceptors (Lipinski definition) is 42. The van der Waals surface area contributed by atoms with E-state index in [0.29, 0.717) is 0 Å². The fraction of sp³-hybridized carbons (Fsp3) is 0.833. The van der Waals surface area contributed by atoms with Gasteiger partial charge in [0.25, 0.3) is 0 Å². The number of carboxylic acids is 6. The van der Waals surface area contributed by atoms with E-state index in [-0.39, 0.29) is 17.4 Å². The maximum Gasteiger partial charge on any atom is 6.00 e. The Morgan fingerprint density at radius 1 is 0.190 bits per heavy atom. The van der Waals surface area contributed by atoms with Gasteiger partial charge in [0.2, 0.25) is 0 Å². The first-order chi connectivity index (χ1) is 35.7. The molecule has 0 saturated carbocycles. The third-order valence-corrected chi connectivity index (χ3v) is 10.9. The minimum Gasteiger partial charge on any atom is -0.547 e. The fourth-order valence-electron chi connectivity index (χ4n) is 6.34. The van der Waals surface area contributed by atoms with E-state index in [1.165, 1.54) is 0 Å². The molecular formula is C36H54CrO42. The minimum absolute atomic E-state index is 0. The molecule has 0 aromatic carbocycles. The van der Waals surface area contributed by atoms with Crippen LogP contribution in [0.4, 0.5) is 0 Å². The van der Waals surface area contributed by atoms with Crippen molar-refractivity contribution < 1.29 is 228 Å². The molecule has 0 bridgehead atoms. The Kier molecular flexibility index (Phi) is 31.1. The summed E-state index contributed by atoms with van der Waals surface area (Å²) in [5.74, 6) is -10.6. The molecule has 6 saturated heterocycles. The number of aliphatic carboxylic acids is 6. The summed E-state index contributed by atoms with van der Waals surface area (Å²) < 4.78 is 25.7. The smallest absolute Gasteiger partial charge is 0.547 e. The van der Waals surface area contributed by atoms with E-state index in [9.17, 15) is 59.4 Å². The molecule has 0 radical (unpaired) electrons. The Morgan fingerprint density at radius 2 is 0.278 bits per heavy atom. The molecule has 79 heavy (non-hydrogen) atoms. The van der Waals surface area contributed by atoms with Crippen molar-refractivity contribution in [3.63, 3.8) is 0 Å². The molecule has 0 amide bonds. The van der Waals surface area contributed by atoms with Crippen LogP contribution in [0.2, 0.25) is 0 Å². The van der Waals surface area contributed by atoms with Gasteiger partial charge in [0.05, 0.1) is 35.8 Å². The molecule has 6 aliphatic rings. The van der Waals surface area contributed by atoms with Gasteiger partial charge in [-0.25, -0.2) is 0 Å². The molecule has 0 unspecified atom stereocenters. The predicted molar refractivity (Wildman–Crippen MR) is 203 cm³/mol. The maximum absolute atomic E-state index is 10.3. The van der Waals surface area contributed by atoms with Crippen molar-refractivity contribution in [3.05, 3.63) is 0 Å². The van der Waals surface area contributed by atoms with E-state index in [1.54, 1.807) is 0 Å². The number of carboxylic acid groups (broad SMARTS) is 6. The normalized spacial score (nSPS) is 45.4. The molecule has 0 aromatic heterocycles. The molecule has 0 spiro atoms. The molecule has 30 atom stereocenters. The van der Waals surface area contributed by atoms with Gasteiger partial charge >= 0.3 is 17.4 Å². The number of carbonyl (C=O) groups is 6. The van der Waals surface area contributed by atoms with Crippen LogP contribution in [-0.2, 0) is 74.5 Å². The molecule has 43 heteroatoms. The van der Waals surface area contributed by atoms with Crippen molar-refractivity contribution in [2.45, 2.75) is 184 Å². The largest absolute Gasteiger partial charge is 6.00 e. The Bertz CT molecular complexity index is 1580. The number of ether oxygens (including phenoxy) is 6. The molecule has 456 valence electrons. The van der Waals surface area contributed by atoms with Gasteiger partial charge in [-0.15, -0.1) is 0 Å². The summed E-state index contributed by atoms with van der Waals surface area (Å²) in [5.41, 5.74) is 0. The standard InChI is InChI=1S/6C6H10O7.Cr/c6*7-1-2(8)4(5(10)11)13-6(12)3(1)9;/h6*1-4,6-9,12H,(H,10,11);/q;;;;;;+6/p-6/t6*1-,2-,3+,4-,6+;/m000000./s1. The summed E-state index contributed by atoms with van der Waals surface area (Å²) >= 11 is 0. The number of rotatable bonds is 6. The van der Waals surface area contributed by atoms with Gasteiger partial charge in [0.15, 0.2) is 37.7 Å². The molecule has 6 rings (SSSR count). The monoisotopic (exact) mass is 1210 g/mol. The molecular weight excluding hydrogens is 1160 g/mol.